The van der Waals surface area contributed by atoms with Crippen LogP contribution in [0.2, 0.25) is 0 Å². The molecule has 0 heterocycles. The van der Waals surface area contributed by atoms with Crippen LogP contribution in [0.5, 0.6) is 0 Å². The zero-order valence-corrected chi connectivity index (χ0v) is 28.1. The van der Waals surface area contributed by atoms with Crippen molar-refractivity contribution in [3.8, 4) is 0 Å². The summed E-state index contributed by atoms with van der Waals surface area (Å²) < 4.78 is 0. The van der Waals surface area contributed by atoms with Crippen molar-refractivity contribution in [2.75, 3.05) is 27.2 Å². The third-order valence-electron chi connectivity index (χ3n) is 8.17. The highest BCUT2D eigenvalue weighted by atomic mass is 16.4. The first kappa shape index (κ1) is 39.5. The molecule has 0 bridgehead atoms. The van der Waals surface area contributed by atoms with E-state index in [4.69, 9.17) is 0 Å². The Morgan fingerprint density at radius 3 is 1.41 bits per heavy atom. The molecule has 0 saturated heterocycles. The Morgan fingerprint density at radius 2 is 0.976 bits per heavy atom. The van der Waals surface area contributed by atoms with Gasteiger partial charge in [0, 0.05) is 19.1 Å². The average molecular weight is 575 g/mol. The maximum atomic E-state index is 12.6. The molecule has 4 heteroatoms. The van der Waals surface area contributed by atoms with Crippen LogP contribution in [0.4, 0.5) is 4.79 Å². The van der Waals surface area contributed by atoms with Crippen LogP contribution in [-0.2, 0) is 0 Å². The lowest BCUT2D eigenvalue weighted by Gasteiger charge is -2.36. The number of unbranched alkanes of at least 4 members (excludes halogenated alkanes) is 12. The molecule has 0 radical (unpaired) electrons. The van der Waals surface area contributed by atoms with Gasteiger partial charge >= 0.3 is 6.09 Å². The summed E-state index contributed by atoms with van der Waals surface area (Å²) in [6.07, 6.45) is 38.4. The van der Waals surface area contributed by atoms with Gasteiger partial charge < -0.3 is 14.9 Å². The van der Waals surface area contributed by atoms with Gasteiger partial charge in [-0.2, -0.15) is 0 Å². The number of amides is 1. The molecule has 2 atom stereocenters. The summed E-state index contributed by atoms with van der Waals surface area (Å²) >= 11 is 0. The molecule has 0 aliphatic heterocycles. The fourth-order valence-electron chi connectivity index (χ4n) is 5.57. The molecule has 0 rings (SSSR count). The fraction of sp³-hybridized carbons (Fsp3) is 0.811. The highest BCUT2D eigenvalue weighted by molar-refractivity contribution is 5.65. The lowest BCUT2D eigenvalue weighted by molar-refractivity contribution is 0.0896. The number of likely N-dealkylation sites (N-methyl/N-ethyl adjacent to an activating group) is 1. The second-order valence-corrected chi connectivity index (χ2v) is 12.3. The zero-order chi connectivity index (χ0) is 30.4. The summed E-state index contributed by atoms with van der Waals surface area (Å²) in [5.41, 5.74) is 0. The normalized spacial score (nSPS) is 13.7. The van der Waals surface area contributed by atoms with Gasteiger partial charge in [0.05, 0.1) is 0 Å². The molecule has 240 valence electrons. The number of nitrogens with zero attached hydrogens (tertiary/aromatic N) is 2. The summed E-state index contributed by atoms with van der Waals surface area (Å²) in [6.45, 7) is 8.11. The minimum Gasteiger partial charge on any atom is -0.465 e. The van der Waals surface area contributed by atoms with Crippen molar-refractivity contribution in [2.24, 2.45) is 5.92 Å². The van der Waals surface area contributed by atoms with Crippen LogP contribution in [0.1, 0.15) is 156 Å². The third kappa shape index (κ3) is 24.7. The topological polar surface area (TPSA) is 43.8 Å². The average Bonchev–Trinajstić information content (AvgIpc) is 2.94. The van der Waals surface area contributed by atoms with Crippen LogP contribution < -0.4 is 0 Å². The van der Waals surface area contributed by atoms with Crippen LogP contribution in [0.25, 0.3) is 0 Å². The SMILES string of the molecule is CCCCCC=CCCCC(CCCC=CCCCCCC)C(CCC=CCCCCC)N(CCN(C)C)C(=O)O. The smallest absolute Gasteiger partial charge is 0.407 e. The van der Waals surface area contributed by atoms with E-state index in [0.717, 1.165) is 64.3 Å². The van der Waals surface area contributed by atoms with Crippen LogP contribution in [-0.4, -0.2) is 54.2 Å². The number of carboxylic acid groups (broad SMARTS) is 1. The molecule has 0 fully saturated rings. The maximum absolute atomic E-state index is 12.6. The van der Waals surface area contributed by atoms with Crippen molar-refractivity contribution in [1.82, 2.24) is 9.80 Å². The Labute approximate surface area is 256 Å². The predicted molar refractivity (Wildman–Crippen MR) is 182 cm³/mol. The van der Waals surface area contributed by atoms with Crippen LogP contribution in [0.3, 0.4) is 0 Å². The molecule has 0 aromatic heterocycles. The molecule has 41 heavy (non-hydrogen) atoms. The second kappa shape index (κ2) is 29.9. The number of carbonyl (C=O) groups is 1. The van der Waals surface area contributed by atoms with Crippen LogP contribution >= 0.6 is 0 Å². The Morgan fingerprint density at radius 1 is 0.561 bits per heavy atom. The summed E-state index contributed by atoms with van der Waals surface area (Å²) in [5.74, 6) is 0.410. The number of hydrogen-bond acceptors (Lipinski definition) is 2. The molecule has 0 aromatic rings. The molecular formula is C37H70N2O2. The monoisotopic (exact) mass is 575 g/mol. The molecule has 1 amide bonds. The maximum Gasteiger partial charge on any atom is 0.407 e. The summed E-state index contributed by atoms with van der Waals surface area (Å²) in [6, 6.07) is 0.0827. The predicted octanol–water partition coefficient (Wildman–Crippen LogP) is 11.4. The van der Waals surface area contributed by atoms with E-state index in [1.54, 1.807) is 4.90 Å². The third-order valence-corrected chi connectivity index (χ3v) is 8.17. The molecule has 0 aliphatic carbocycles. The first-order valence-electron chi connectivity index (χ1n) is 17.6. The molecule has 0 spiro atoms. The lowest BCUT2D eigenvalue weighted by atomic mass is 9.85. The Kier molecular flexibility index (Phi) is 28.8. The van der Waals surface area contributed by atoms with Crippen LogP contribution in [0.15, 0.2) is 36.5 Å². The lowest BCUT2D eigenvalue weighted by Crippen LogP contribution is -2.46. The van der Waals surface area contributed by atoms with Crippen molar-refractivity contribution in [3.05, 3.63) is 36.5 Å². The molecule has 0 saturated carbocycles. The van der Waals surface area contributed by atoms with Crippen LogP contribution in [0, 0.1) is 5.92 Å². The number of allylic oxidation sites excluding steroid dienone is 6. The largest absolute Gasteiger partial charge is 0.465 e. The minimum atomic E-state index is -0.753. The molecule has 0 aromatic carbocycles. The van der Waals surface area contributed by atoms with Gasteiger partial charge in [0.1, 0.15) is 0 Å². The minimum absolute atomic E-state index is 0.0827. The summed E-state index contributed by atoms with van der Waals surface area (Å²) in [7, 11) is 4.07. The van der Waals surface area contributed by atoms with Gasteiger partial charge in [0.2, 0.25) is 0 Å². The molecule has 0 aliphatic rings. The zero-order valence-electron chi connectivity index (χ0n) is 28.1. The molecule has 4 nitrogen and oxygen atoms in total. The summed E-state index contributed by atoms with van der Waals surface area (Å²) in [5, 5.41) is 10.3. The molecule has 1 N–H and O–H groups in total. The summed E-state index contributed by atoms with van der Waals surface area (Å²) in [4.78, 5) is 16.4. The Bertz CT molecular complexity index is 655. The van der Waals surface area contributed by atoms with E-state index >= 15 is 0 Å². The first-order valence-corrected chi connectivity index (χ1v) is 17.6. The van der Waals surface area contributed by atoms with Gasteiger partial charge in [-0.3, -0.25) is 0 Å². The van der Waals surface area contributed by atoms with E-state index in [0.29, 0.717) is 12.5 Å². The van der Waals surface area contributed by atoms with Crippen molar-refractivity contribution < 1.29 is 9.90 Å². The fourth-order valence-corrected chi connectivity index (χ4v) is 5.57. The van der Waals surface area contributed by atoms with Crippen molar-refractivity contribution in [1.29, 1.82) is 0 Å². The van der Waals surface area contributed by atoms with E-state index < -0.39 is 6.09 Å². The van der Waals surface area contributed by atoms with E-state index in [-0.39, 0.29) is 6.04 Å². The highest BCUT2D eigenvalue weighted by Gasteiger charge is 2.29. The first-order chi connectivity index (χ1) is 20.0. The van der Waals surface area contributed by atoms with E-state index in [9.17, 15) is 9.90 Å². The van der Waals surface area contributed by atoms with Crippen molar-refractivity contribution in [3.63, 3.8) is 0 Å². The van der Waals surface area contributed by atoms with Gasteiger partial charge in [-0.1, -0.05) is 102 Å². The van der Waals surface area contributed by atoms with E-state index in [1.165, 1.54) is 77.0 Å². The van der Waals surface area contributed by atoms with Crippen molar-refractivity contribution >= 4 is 6.09 Å². The van der Waals surface area contributed by atoms with E-state index in [1.807, 2.05) is 14.1 Å². The second-order valence-electron chi connectivity index (χ2n) is 12.3. The van der Waals surface area contributed by atoms with Gasteiger partial charge in [-0.15, -0.1) is 0 Å². The Hall–Kier alpha value is -1.55. The molecular weight excluding hydrogens is 504 g/mol. The molecule has 2 unspecified atom stereocenters. The van der Waals surface area contributed by atoms with Gasteiger partial charge in [0.25, 0.3) is 0 Å². The Balaban J connectivity index is 5.38. The number of rotatable bonds is 29. The van der Waals surface area contributed by atoms with Gasteiger partial charge in [-0.25, -0.2) is 4.79 Å². The quantitative estimate of drug-likeness (QED) is 0.0713. The van der Waals surface area contributed by atoms with Gasteiger partial charge in [0.15, 0.2) is 0 Å². The standard InChI is InChI=1S/C37H70N2O2/c1-6-9-12-15-18-20-23-25-28-31-35(30-27-24-22-19-16-13-10-7-2)36(32-29-26-21-17-14-11-8-3)39(37(40)41)34-33-38(4)5/h19-23,26,35-36H,6-18,24-25,27-34H2,1-5H3,(H,40,41). The highest BCUT2D eigenvalue weighted by Crippen LogP contribution is 2.28. The number of hydrogen-bond donors (Lipinski definition) is 1. The van der Waals surface area contributed by atoms with Crippen molar-refractivity contribution in [2.45, 2.75) is 162 Å². The van der Waals surface area contributed by atoms with E-state index in [2.05, 4.69) is 62.1 Å². The van der Waals surface area contributed by atoms with Gasteiger partial charge in [-0.05, 0) is 110 Å².